The molecular weight excluding hydrogens is 230 g/mol. The second-order valence-electron chi connectivity index (χ2n) is 4.80. The van der Waals surface area contributed by atoms with Gasteiger partial charge in [-0.05, 0) is 24.3 Å². The minimum Gasteiger partial charge on any atom is -0.460 e. The Morgan fingerprint density at radius 3 is 2.61 bits per heavy atom. The largest absolute Gasteiger partial charge is 0.460 e. The van der Waals surface area contributed by atoms with Crippen LogP contribution in [-0.4, -0.2) is 23.2 Å². The van der Waals surface area contributed by atoms with Crippen molar-refractivity contribution >= 4 is 5.97 Å². The molecule has 4 nitrogen and oxygen atoms in total. The molecule has 1 aromatic carbocycles. The summed E-state index contributed by atoms with van der Waals surface area (Å²) in [4.78, 5) is 11.7. The summed E-state index contributed by atoms with van der Waals surface area (Å²) in [7, 11) is 0. The fourth-order valence-electron chi connectivity index (χ4n) is 2.04. The molecule has 0 unspecified atom stereocenters. The van der Waals surface area contributed by atoms with Crippen molar-refractivity contribution < 1.29 is 14.6 Å². The summed E-state index contributed by atoms with van der Waals surface area (Å²) >= 11 is 0. The topological polar surface area (TPSA) is 72.6 Å². The molecule has 1 fully saturated rings. The molecule has 1 aliphatic carbocycles. The van der Waals surface area contributed by atoms with E-state index in [1.54, 1.807) is 0 Å². The zero-order valence-electron chi connectivity index (χ0n) is 10.3. The van der Waals surface area contributed by atoms with Crippen molar-refractivity contribution in [1.82, 2.24) is 0 Å². The smallest absolute Gasteiger partial charge is 0.325 e. The zero-order valence-corrected chi connectivity index (χ0v) is 10.3. The van der Waals surface area contributed by atoms with Crippen LogP contribution >= 0.6 is 0 Å². The standard InChI is InChI=1S/C14H19NO3/c15-12(13(16)11-7-4-8-11)14(17)18-9-10-5-2-1-3-6-10/h1-3,5-6,11-13,16H,4,7-9,15H2/t12-,13-/m0/s1. The lowest BCUT2D eigenvalue weighted by Gasteiger charge is -2.32. The Morgan fingerprint density at radius 2 is 2.06 bits per heavy atom. The molecule has 2 rings (SSSR count). The van der Waals surface area contributed by atoms with Crippen LogP contribution in [0.2, 0.25) is 0 Å². The van der Waals surface area contributed by atoms with Crippen LogP contribution < -0.4 is 5.73 Å². The minimum atomic E-state index is -0.931. The predicted octanol–water partition coefficient (Wildman–Crippen LogP) is 1.22. The molecule has 3 N–H and O–H groups in total. The lowest BCUT2D eigenvalue weighted by Crippen LogP contribution is -2.48. The Labute approximate surface area is 107 Å². The van der Waals surface area contributed by atoms with Gasteiger partial charge in [0.15, 0.2) is 0 Å². The first-order valence-electron chi connectivity index (χ1n) is 6.32. The third-order valence-electron chi connectivity index (χ3n) is 3.50. The SMILES string of the molecule is N[C@H](C(=O)OCc1ccccc1)[C@@H](O)C1CCC1. The Bertz CT molecular complexity index is 389. The molecule has 98 valence electrons. The first-order valence-corrected chi connectivity index (χ1v) is 6.32. The number of benzene rings is 1. The van der Waals surface area contributed by atoms with Gasteiger partial charge in [-0.1, -0.05) is 36.8 Å². The van der Waals surface area contributed by atoms with Gasteiger partial charge in [0.2, 0.25) is 0 Å². The van der Waals surface area contributed by atoms with E-state index in [0.29, 0.717) is 0 Å². The van der Waals surface area contributed by atoms with E-state index in [9.17, 15) is 9.90 Å². The van der Waals surface area contributed by atoms with Crippen molar-refractivity contribution in [3.05, 3.63) is 35.9 Å². The molecule has 1 saturated carbocycles. The molecule has 1 aromatic rings. The van der Waals surface area contributed by atoms with Crippen LogP contribution in [0, 0.1) is 5.92 Å². The molecular formula is C14H19NO3. The molecule has 18 heavy (non-hydrogen) atoms. The highest BCUT2D eigenvalue weighted by Crippen LogP contribution is 2.30. The lowest BCUT2D eigenvalue weighted by molar-refractivity contribution is -0.151. The van der Waals surface area contributed by atoms with Crippen molar-refractivity contribution in [3.63, 3.8) is 0 Å². The molecule has 0 spiro atoms. The average Bonchev–Trinajstić information content (AvgIpc) is 2.34. The van der Waals surface area contributed by atoms with Crippen molar-refractivity contribution in [2.75, 3.05) is 0 Å². The summed E-state index contributed by atoms with van der Waals surface area (Å²) in [6.45, 7) is 0.199. The van der Waals surface area contributed by atoms with Gasteiger partial charge in [0.1, 0.15) is 12.6 Å². The van der Waals surface area contributed by atoms with E-state index in [-0.39, 0.29) is 12.5 Å². The molecule has 2 atom stereocenters. The van der Waals surface area contributed by atoms with E-state index in [1.807, 2.05) is 30.3 Å². The number of ether oxygens (including phenoxy) is 1. The fraction of sp³-hybridized carbons (Fsp3) is 0.500. The molecule has 0 radical (unpaired) electrons. The molecule has 0 aliphatic heterocycles. The number of hydrogen-bond donors (Lipinski definition) is 2. The number of aliphatic hydroxyl groups excluding tert-OH is 1. The number of hydrogen-bond acceptors (Lipinski definition) is 4. The van der Waals surface area contributed by atoms with E-state index in [0.717, 1.165) is 24.8 Å². The van der Waals surface area contributed by atoms with Crippen LogP contribution in [-0.2, 0) is 16.1 Å². The Morgan fingerprint density at radius 1 is 1.39 bits per heavy atom. The number of esters is 1. The highest BCUT2D eigenvalue weighted by molar-refractivity contribution is 5.76. The average molecular weight is 249 g/mol. The van der Waals surface area contributed by atoms with Gasteiger partial charge in [0, 0.05) is 0 Å². The van der Waals surface area contributed by atoms with Gasteiger partial charge < -0.3 is 15.6 Å². The molecule has 1 aliphatic rings. The van der Waals surface area contributed by atoms with Gasteiger partial charge in [-0.3, -0.25) is 4.79 Å². The van der Waals surface area contributed by atoms with E-state index in [1.165, 1.54) is 0 Å². The molecule has 0 bridgehead atoms. The van der Waals surface area contributed by atoms with Crippen molar-refractivity contribution in [2.45, 2.75) is 38.0 Å². The molecule has 0 aromatic heterocycles. The summed E-state index contributed by atoms with van der Waals surface area (Å²) in [6, 6.07) is 8.48. The number of nitrogens with two attached hydrogens (primary N) is 1. The van der Waals surface area contributed by atoms with Crippen LogP contribution in [0.15, 0.2) is 30.3 Å². The highest BCUT2D eigenvalue weighted by Gasteiger charge is 2.34. The van der Waals surface area contributed by atoms with Gasteiger partial charge in [-0.15, -0.1) is 0 Å². The van der Waals surface area contributed by atoms with Crippen LogP contribution in [0.1, 0.15) is 24.8 Å². The van der Waals surface area contributed by atoms with Gasteiger partial charge >= 0.3 is 5.97 Å². The minimum absolute atomic E-state index is 0.157. The van der Waals surface area contributed by atoms with Crippen LogP contribution in [0.4, 0.5) is 0 Å². The van der Waals surface area contributed by atoms with Gasteiger partial charge in [-0.2, -0.15) is 0 Å². The first kappa shape index (κ1) is 13.1. The molecule has 0 heterocycles. The van der Waals surface area contributed by atoms with Crippen molar-refractivity contribution in [1.29, 1.82) is 0 Å². The Balaban J connectivity index is 1.80. The maximum atomic E-state index is 11.7. The summed E-state index contributed by atoms with van der Waals surface area (Å²) in [5.41, 5.74) is 6.62. The summed E-state index contributed by atoms with van der Waals surface area (Å²) in [6.07, 6.45) is 2.22. The van der Waals surface area contributed by atoms with Gasteiger partial charge in [0.25, 0.3) is 0 Å². The third kappa shape index (κ3) is 3.09. The van der Waals surface area contributed by atoms with E-state index < -0.39 is 18.1 Å². The third-order valence-corrected chi connectivity index (χ3v) is 3.50. The second-order valence-corrected chi connectivity index (χ2v) is 4.80. The Kier molecular flexibility index (Phi) is 4.33. The number of aliphatic hydroxyl groups is 1. The number of rotatable bonds is 5. The lowest BCUT2D eigenvalue weighted by atomic mass is 9.79. The summed E-state index contributed by atoms with van der Waals surface area (Å²) < 4.78 is 5.11. The van der Waals surface area contributed by atoms with Crippen molar-refractivity contribution in [3.8, 4) is 0 Å². The molecule has 0 amide bonds. The van der Waals surface area contributed by atoms with Crippen LogP contribution in [0.3, 0.4) is 0 Å². The Hall–Kier alpha value is -1.39. The van der Waals surface area contributed by atoms with E-state index in [4.69, 9.17) is 10.5 Å². The highest BCUT2D eigenvalue weighted by atomic mass is 16.5. The fourth-order valence-corrected chi connectivity index (χ4v) is 2.04. The van der Waals surface area contributed by atoms with E-state index in [2.05, 4.69) is 0 Å². The van der Waals surface area contributed by atoms with Gasteiger partial charge in [-0.25, -0.2) is 0 Å². The summed E-state index contributed by atoms with van der Waals surface area (Å²) in [5.74, 6) is -0.373. The molecule has 4 heteroatoms. The zero-order chi connectivity index (χ0) is 13.0. The predicted molar refractivity (Wildman–Crippen MR) is 67.6 cm³/mol. The molecule has 0 saturated heterocycles. The number of carbonyl (C=O) groups excluding carboxylic acids is 1. The number of carbonyl (C=O) groups is 1. The van der Waals surface area contributed by atoms with E-state index >= 15 is 0 Å². The maximum absolute atomic E-state index is 11.7. The first-order chi connectivity index (χ1) is 8.68. The van der Waals surface area contributed by atoms with Crippen LogP contribution in [0.5, 0.6) is 0 Å². The normalized spacial score (nSPS) is 18.8. The quantitative estimate of drug-likeness (QED) is 0.770. The van der Waals surface area contributed by atoms with Crippen molar-refractivity contribution in [2.24, 2.45) is 11.7 Å². The maximum Gasteiger partial charge on any atom is 0.325 e. The van der Waals surface area contributed by atoms with Gasteiger partial charge in [0.05, 0.1) is 6.10 Å². The monoisotopic (exact) mass is 249 g/mol. The second kappa shape index (κ2) is 5.98. The van der Waals surface area contributed by atoms with Crippen LogP contribution in [0.25, 0.3) is 0 Å². The summed E-state index contributed by atoms with van der Waals surface area (Å²) in [5, 5.41) is 9.88.